The number of aliphatic hydroxyl groups is 1. The van der Waals surface area contributed by atoms with Crippen LogP contribution < -0.4 is 0 Å². The summed E-state index contributed by atoms with van der Waals surface area (Å²) in [7, 11) is 0. The first kappa shape index (κ1) is 26.0. The summed E-state index contributed by atoms with van der Waals surface area (Å²) in [6.07, 6.45) is 2.40. The van der Waals surface area contributed by atoms with Gasteiger partial charge < -0.3 is 19.8 Å². The van der Waals surface area contributed by atoms with Crippen LogP contribution in [0.25, 0.3) is 0 Å². The van der Waals surface area contributed by atoms with E-state index in [1.54, 1.807) is 19.4 Å². The van der Waals surface area contributed by atoms with Gasteiger partial charge in [0.1, 0.15) is 18.8 Å². The summed E-state index contributed by atoms with van der Waals surface area (Å²) in [6.45, 7) is 5.70. The molecule has 0 spiro atoms. The number of halogens is 1. The van der Waals surface area contributed by atoms with Crippen LogP contribution in [0.4, 0.5) is 4.39 Å². The summed E-state index contributed by atoms with van der Waals surface area (Å²) in [4.78, 5) is 43.6. The summed E-state index contributed by atoms with van der Waals surface area (Å²) in [5, 5.41) is 13.8. The highest BCUT2D eigenvalue weighted by Crippen LogP contribution is 2.57. The van der Waals surface area contributed by atoms with E-state index in [4.69, 9.17) is 5.11 Å². The van der Waals surface area contributed by atoms with Crippen molar-refractivity contribution in [1.82, 2.24) is 24.5 Å². The molecular formula is C29H36FN5O4. The van der Waals surface area contributed by atoms with Crippen LogP contribution in [0.2, 0.25) is 0 Å². The Kier molecular flexibility index (Phi) is 6.48. The van der Waals surface area contributed by atoms with Gasteiger partial charge in [-0.15, -0.1) is 0 Å². The molecule has 1 saturated carbocycles. The second-order valence-electron chi connectivity index (χ2n) is 11.6. The number of nitrogens with zero attached hydrogens (tertiary/aromatic N) is 5. The number of amides is 3. The van der Waals surface area contributed by atoms with Gasteiger partial charge in [-0.1, -0.05) is 18.2 Å². The zero-order valence-corrected chi connectivity index (χ0v) is 22.7. The number of aryl methyl sites for hydroxylation is 1. The van der Waals surface area contributed by atoms with Crippen LogP contribution >= 0.6 is 0 Å². The van der Waals surface area contributed by atoms with Crippen LogP contribution in [0.5, 0.6) is 0 Å². The molecule has 3 amide bonds. The van der Waals surface area contributed by atoms with Gasteiger partial charge in [0.25, 0.3) is 5.91 Å². The number of fused-ring (bicyclic) bond motifs is 3. The predicted molar refractivity (Wildman–Crippen MR) is 141 cm³/mol. The molecule has 39 heavy (non-hydrogen) atoms. The molecule has 3 fully saturated rings. The highest BCUT2D eigenvalue weighted by Gasteiger charge is 2.51. The third-order valence-corrected chi connectivity index (χ3v) is 9.39. The lowest BCUT2D eigenvalue weighted by molar-refractivity contribution is -0.136. The summed E-state index contributed by atoms with van der Waals surface area (Å²) >= 11 is 0. The molecule has 0 unspecified atom stereocenters. The third kappa shape index (κ3) is 4.52. The Hall–Kier alpha value is -3.27. The number of hydrogen-bond acceptors (Lipinski definition) is 5. The Morgan fingerprint density at radius 1 is 1.00 bits per heavy atom. The van der Waals surface area contributed by atoms with E-state index in [1.807, 2.05) is 32.0 Å². The Labute approximate surface area is 227 Å². The molecule has 208 valence electrons. The number of likely N-dealkylation sites (tertiary alicyclic amines) is 1. The van der Waals surface area contributed by atoms with Crippen LogP contribution in [0.3, 0.4) is 0 Å². The fourth-order valence-corrected chi connectivity index (χ4v) is 6.73. The van der Waals surface area contributed by atoms with Gasteiger partial charge in [-0.2, -0.15) is 5.10 Å². The van der Waals surface area contributed by atoms with E-state index >= 15 is 4.39 Å². The van der Waals surface area contributed by atoms with Gasteiger partial charge in [-0.05, 0) is 55.2 Å². The number of benzene rings is 1. The number of piperazine rings is 1. The Morgan fingerprint density at radius 3 is 2.36 bits per heavy atom. The molecule has 2 aromatic rings. The van der Waals surface area contributed by atoms with Crippen LogP contribution in [0.15, 0.2) is 18.2 Å². The molecule has 3 heterocycles. The fraction of sp³-hybridized carbons (Fsp3) is 0.586. The van der Waals surface area contributed by atoms with E-state index in [1.165, 1.54) is 0 Å². The maximum Gasteiger partial charge on any atom is 0.274 e. The molecule has 9 nitrogen and oxygen atoms in total. The van der Waals surface area contributed by atoms with E-state index in [-0.39, 0.29) is 37.1 Å². The Bertz CT molecular complexity index is 1320. The molecule has 2 aliphatic heterocycles. The van der Waals surface area contributed by atoms with Crippen molar-refractivity contribution in [3.05, 3.63) is 51.8 Å². The van der Waals surface area contributed by atoms with Crippen molar-refractivity contribution >= 4 is 17.7 Å². The van der Waals surface area contributed by atoms with Crippen LogP contribution in [-0.4, -0.2) is 93.2 Å². The maximum absolute atomic E-state index is 16.0. The topological polar surface area (TPSA) is 99.0 Å². The Balaban J connectivity index is 1.14. The molecule has 0 bridgehead atoms. The second-order valence-corrected chi connectivity index (χ2v) is 11.6. The number of aromatic nitrogens is 2. The summed E-state index contributed by atoms with van der Waals surface area (Å²) in [5.74, 6) is 0.265. The van der Waals surface area contributed by atoms with Crippen molar-refractivity contribution in [2.24, 2.45) is 5.92 Å². The summed E-state index contributed by atoms with van der Waals surface area (Å²) in [6, 6.07) is 5.75. The predicted octanol–water partition coefficient (Wildman–Crippen LogP) is 1.92. The van der Waals surface area contributed by atoms with Crippen molar-refractivity contribution in [1.29, 1.82) is 0 Å². The molecule has 0 radical (unpaired) electrons. The number of rotatable bonds is 5. The quantitative estimate of drug-likeness (QED) is 0.629. The molecule has 1 aromatic carbocycles. The lowest BCUT2D eigenvalue weighted by atomic mass is 9.82. The molecule has 1 N–H and O–H groups in total. The maximum atomic E-state index is 16.0. The van der Waals surface area contributed by atoms with Gasteiger partial charge in [0.05, 0.1) is 0 Å². The minimum atomic E-state index is -1.44. The fourth-order valence-electron chi connectivity index (χ4n) is 6.73. The van der Waals surface area contributed by atoms with Crippen molar-refractivity contribution in [3.63, 3.8) is 0 Å². The average molecular weight is 538 g/mol. The normalized spacial score (nSPS) is 23.4. The number of piperidine rings is 1. The van der Waals surface area contributed by atoms with Gasteiger partial charge in [0.2, 0.25) is 11.8 Å². The smallest absolute Gasteiger partial charge is 0.274 e. The third-order valence-electron chi connectivity index (χ3n) is 9.39. The zero-order valence-electron chi connectivity index (χ0n) is 22.7. The van der Waals surface area contributed by atoms with Gasteiger partial charge in [0.15, 0.2) is 5.69 Å². The first-order valence-electron chi connectivity index (χ1n) is 14.0. The molecule has 1 aromatic heterocycles. The lowest BCUT2D eigenvalue weighted by Crippen LogP contribution is -2.51. The van der Waals surface area contributed by atoms with Gasteiger partial charge in [0, 0.05) is 63.4 Å². The van der Waals surface area contributed by atoms with Gasteiger partial charge in [-0.25, -0.2) is 4.39 Å². The first-order chi connectivity index (χ1) is 18.7. The highest BCUT2D eigenvalue weighted by atomic mass is 19.1. The van der Waals surface area contributed by atoms with Crippen LogP contribution in [0, 0.1) is 19.8 Å². The number of carbonyl (C=O) groups excluding carboxylic acids is 3. The molecule has 10 heteroatoms. The lowest BCUT2D eigenvalue weighted by Gasteiger charge is -2.37. The number of hydrogen-bond donors (Lipinski definition) is 1. The SMILES string of the molecule is Cc1cccc(C2(F)CCN(C(=O)Cn3nc(C(=O)N4CCN(C(=O)CO)CC4)c4c3C[C@H]3C[C@@H]43)CC2)c1C. The van der Waals surface area contributed by atoms with Gasteiger partial charge in [-0.3, -0.25) is 19.1 Å². The first-order valence-corrected chi connectivity index (χ1v) is 14.0. The van der Waals surface area contributed by atoms with Crippen molar-refractivity contribution < 1.29 is 23.9 Å². The van der Waals surface area contributed by atoms with Crippen LogP contribution in [-0.2, 0) is 28.2 Å². The number of carbonyl (C=O) groups is 3. The van der Waals surface area contributed by atoms with Crippen molar-refractivity contribution in [2.45, 2.75) is 57.7 Å². The van der Waals surface area contributed by atoms with E-state index in [9.17, 15) is 14.4 Å². The molecule has 2 saturated heterocycles. The largest absolute Gasteiger partial charge is 0.387 e. The zero-order chi connectivity index (χ0) is 27.5. The average Bonchev–Trinajstić information content (AvgIpc) is 3.47. The second kappa shape index (κ2) is 9.73. The molecule has 6 rings (SSSR count). The van der Waals surface area contributed by atoms with Crippen molar-refractivity contribution in [2.75, 3.05) is 45.9 Å². The minimum Gasteiger partial charge on any atom is -0.387 e. The number of alkyl halides is 1. The highest BCUT2D eigenvalue weighted by molar-refractivity contribution is 5.95. The van der Waals surface area contributed by atoms with Crippen molar-refractivity contribution in [3.8, 4) is 0 Å². The minimum absolute atomic E-state index is 0.0522. The van der Waals surface area contributed by atoms with Crippen LogP contribution in [0.1, 0.15) is 63.6 Å². The molecule has 2 aliphatic carbocycles. The summed E-state index contributed by atoms with van der Waals surface area (Å²) < 4.78 is 17.7. The molecule has 4 aliphatic rings. The number of aliphatic hydroxyl groups excluding tert-OH is 1. The monoisotopic (exact) mass is 537 g/mol. The van der Waals surface area contributed by atoms with E-state index in [0.717, 1.165) is 40.8 Å². The standard InChI is InChI=1S/C29H36FN5O4/c1-18-4-3-5-22(19(18)2)29(30)6-8-32(9-7-29)24(37)16-35-23-15-20-14-21(20)26(23)27(31-35)28(39)34-12-10-33(11-13-34)25(38)17-36/h3-5,20-21,36H,6-17H2,1-2H3/t20-,21-/m1/s1. The Morgan fingerprint density at radius 2 is 1.67 bits per heavy atom. The van der Waals surface area contributed by atoms with Gasteiger partial charge >= 0.3 is 0 Å². The molecule has 2 atom stereocenters. The molecular weight excluding hydrogens is 501 g/mol. The van der Waals surface area contributed by atoms with E-state index in [0.29, 0.717) is 56.8 Å². The van der Waals surface area contributed by atoms with E-state index < -0.39 is 12.3 Å². The summed E-state index contributed by atoms with van der Waals surface area (Å²) in [5.41, 5.74) is 3.73. The van der Waals surface area contributed by atoms with E-state index in [2.05, 4.69) is 5.10 Å².